The zero-order valence-corrected chi connectivity index (χ0v) is 13.0. The number of Topliss-reactive ketones (excluding diaryl/α,β-unsaturated/α-hetero) is 1. The van der Waals surface area contributed by atoms with E-state index in [2.05, 4.69) is 4.90 Å². The van der Waals surface area contributed by atoms with Gasteiger partial charge in [-0.15, -0.1) is 11.3 Å². The van der Waals surface area contributed by atoms with Crippen LogP contribution in [0.1, 0.15) is 29.4 Å². The molecular weight excluding hydrogens is 298 g/mol. The number of hydrogen-bond acceptors (Lipinski definition) is 5. The first-order chi connectivity index (χ1) is 9.60. The second kappa shape index (κ2) is 7.20. The van der Waals surface area contributed by atoms with Crippen molar-refractivity contribution in [3.05, 3.63) is 21.3 Å². The molecule has 0 atom stereocenters. The molecule has 6 heteroatoms. The number of carbonyl (C=O) groups excluding carboxylic acids is 2. The van der Waals surface area contributed by atoms with E-state index in [4.69, 9.17) is 16.3 Å². The van der Waals surface area contributed by atoms with Crippen molar-refractivity contribution in [1.82, 2.24) is 4.90 Å². The van der Waals surface area contributed by atoms with Gasteiger partial charge in [-0.2, -0.15) is 0 Å². The van der Waals surface area contributed by atoms with E-state index in [-0.39, 0.29) is 17.7 Å². The summed E-state index contributed by atoms with van der Waals surface area (Å²) in [5.74, 6) is -0.0301. The monoisotopic (exact) mass is 315 g/mol. The van der Waals surface area contributed by atoms with Crippen molar-refractivity contribution in [2.75, 3.05) is 26.2 Å². The minimum Gasteiger partial charge on any atom is -0.466 e. The van der Waals surface area contributed by atoms with Crippen LogP contribution in [-0.4, -0.2) is 42.9 Å². The van der Waals surface area contributed by atoms with Crippen molar-refractivity contribution in [3.8, 4) is 0 Å². The molecule has 1 aromatic rings. The van der Waals surface area contributed by atoms with Crippen LogP contribution in [0.25, 0.3) is 0 Å². The molecule has 0 unspecified atom stereocenters. The van der Waals surface area contributed by atoms with Crippen LogP contribution < -0.4 is 0 Å². The predicted molar refractivity (Wildman–Crippen MR) is 79.5 cm³/mol. The van der Waals surface area contributed by atoms with Gasteiger partial charge in [-0.1, -0.05) is 11.6 Å². The number of carbonyl (C=O) groups is 2. The number of thiophene rings is 1. The van der Waals surface area contributed by atoms with Gasteiger partial charge < -0.3 is 4.74 Å². The second-order valence-electron chi connectivity index (χ2n) is 4.85. The first kappa shape index (κ1) is 15.5. The van der Waals surface area contributed by atoms with E-state index in [9.17, 15) is 9.59 Å². The summed E-state index contributed by atoms with van der Waals surface area (Å²) in [6.07, 6.45) is 1.52. The number of hydrogen-bond donors (Lipinski definition) is 0. The molecule has 1 saturated heterocycles. The Balaban J connectivity index is 1.80. The summed E-state index contributed by atoms with van der Waals surface area (Å²) in [7, 11) is 0. The largest absolute Gasteiger partial charge is 0.466 e. The maximum atomic E-state index is 12.1. The molecule has 2 rings (SSSR count). The molecule has 0 amide bonds. The van der Waals surface area contributed by atoms with Crippen molar-refractivity contribution in [2.45, 2.75) is 19.8 Å². The summed E-state index contributed by atoms with van der Waals surface area (Å²) in [5.41, 5.74) is 0. The molecule has 4 nitrogen and oxygen atoms in total. The van der Waals surface area contributed by atoms with E-state index in [1.165, 1.54) is 11.3 Å². The molecule has 1 aromatic heterocycles. The Hall–Kier alpha value is -0.910. The number of piperidine rings is 1. The molecule has 0 aliphatic carbocycles. The van der Waals surface area contributed by atoms with Crippen molar-refractivity contribution in [1.29, 1.82) is 0 Å². The van der Waals surface area contributed by atoms with Crippen LogP contribution in [0.3, 0.4) is 0 Å². The predicted octanol–water partition coefficient (Wildman–Crippen LogP) is 2.86. The topological polar surface area (TPSA) is 46.6 Å². The third kappa shape index (κ3) is 4.04. The second-order valence-corrected chi connectivity index (χ2v) is 6.20. The summed E-state index contributed by atoms with van der Waals surface area (Å²) < 4.78 is 5.03. The van der Waals surface area contributed by atoms with Crippen LogP contribution in [0.5, 0.6) is 0 Å². The van der Waals surface area contributed by atoms with Gasteiger partial charge in [0.1, 0.15) is 0 Å². The lowest BCUT2D eigenvalue weighted by Gasteiger charge is -2.30. The molecule has 1 aliphatic heterocycles. The van der Waals surface area contributed by atoms with Crippen LogP contribution in [0.15, 0.2) is 11.4 Å². The molecule has 0 spiro atoms. The first-order valence-electron chi connectivity index (χ1n) is 6.76. The normalized spacial score (nSPS) is 17.1. The van der Waals surface area contributed by atoms with E-state index in [0.717, 1.165) is 25.9 Å². The molecule has 0 aromatic carbocycles. The van der Waals surface area contributed by atoms with Gasteiger partial charge >= 0.3 is 5.97 Å². The third-order valence-electron chi connectivity index (χ3n) is 3.42. The quantitative estimate of drug-likeness (QED) is 0.619. The number of ether oxygens (including phenoxy) is 1. The fraction of sp³-hybridized carbons (Fsp3) is 0.571. The summed E-state index contributed by atoms with van der Waals surface area (Å²) >= 11 is 7.20. The standard InChI is InChI=1S/C14H18ClNO3S/c1-2-19-14(18)10-3-5-16(6-4-10)8-12(17)13-7-11(15)9-20-13/h7,9-10H,2-6,8H2,1H3. The van der Waals surface area contributed by atoms with Gasteiger partial charge in [-0.25, -0.2) is 0 Å². The van der Waals surface area contributed by atoms with Crippen molar-refractivity contribution in [3.63, 3.8) is 0 Å². The van der Waals surface area contributed by atoms with E-state index in [1.807, 2.05) is 6.92 Å². The van der Waals surface area contributed by atoms with E-state index >= 15 is 0 Å². The minimum absolute atomic E-state index is 0.0162. The average molecular weight is 316 g/mol. The van der Waals surface area contributed by atoms with Crippen LogP contribution >= 0.6 is 22.9 Å². The van der Waals surface area contributed by atoms with Gasteiger partial charge in [0, 0.05) is 5.38 Å². The fourth-order valence-corrected chi connectivity index (χ4v) is 3.33. The molecule has 0 saturated carbocycles. The Morgan fingerprint density at radius 3 is 2.70 bits per heavy atom. The molecule has 0 radical (unpaired) electrons. The van der Waals surface area contributed by atoms with Gasteiger partial charge in [0.25, 0.3) is 0 Å². The number of halogens is 1. The highest BCUT2D eigenvalue weighted by molar-refractivity contribution is 7.12. The molecular formula is C14H18ClNO3S. The first-order valence-corrected chi connectivity index (χ1v) is 8.02. The number of likely N-dealkylation sites (tertiary alicyclic amines) is 1. The zero-order valence-electron chi connectivity index (χ0n) is 11.4. The average Bonchev–Trinajstić information content (AvgIpc) is 2.86. The SMILES string of the molecule is CCOC(=O)C1CCN(CC(=O)c2cc(Cl)cs2)CC1. The van der Waals surface area contributed by atoms with Gasteiger partial charge in [0.2, 0.25) is 0 Å². The van der Waals surface area contributed by atoms with Crippen LogP contribution in [0, 0.1) is 5.92 Å². The molecule has 1 aliphatic rings. The van der Waals surface area contributed by atoms with E-state index in [0.29, 0.717) is 23.1 Å². The number of rotatable bonds is 5. The van der Waals surface area contributed by atoms with Crippen molar-refractivity contribution < 1.29 is 14.3 Å². The van der Waals surface area contributed by atoms with Gasteiger partial charge in [0.15, 0.2) is 5.78 Å². The van der Waals surface area contributed by atoms with Crippen molar-refractivity contribution in [2.24, 2.45) is 5.92 Å². The highest BCUT2D eigenvalue weighted by Crippen LogP contribution is 2.22. The van der Waals surface area contributed by atoms with E-state index < -0.39 is 0 Å². The Morgan fingerprint density at radius 2 is 2.15 bits per heavy atom. The highest BCUT2D eigenvalue weighted by Gasteiger charge is 2.27. The number of ketones is 1. The summed E-state index contributed by atoms with van der Waals surface area (Å²) in [5, 5.41) is 2.38. The molecule has 1 fully saturated rings. The van der Waals surface area contributed by atoms with E-state index in [1.54, 1.807) is 11.4 Å². The van der Waals surface area contributed by atoms with Gasteiger partial charge in [0.05, 0.1) is 29.0 Å². The fourth-order valence-electron chi connectivity index (χ4n) is 2.33. The van der Waals surface area contributed by atoms with Crippen LogP contribution in [0.2, 0.25) is 5.02 Å². The molecule has 20 heavy (non-hydrogen) atoms. The number of esters is 1. The minimum atomic E-state index is -0.108. The third-order valence-corrected chi connectivity index (χ3v) is 4.74. The molecule has 0 N–H and O–H groups in total. The molecule has 110 valence electrons. The number of nitrogens with zero attached hydrogens (tertiary/aromatic N) is 1. The van der Waals surface area contributed by atoms with Crippen molar-refractivity contribution >= 4 is 34.7 Å². The summed E-state index contributed by atoms with van der Waals surface area (Å²) in [6, 6.07) is 1.71. The Bertz CT molecular complexity index is 481. The smallest absolute Gasteiger partial charge is 0.309 e. The maximum absolute atomic E-state index is 12.1. The van der Waals surface area contributed by atoms with Crippen LogP contribution in [-0.2, 0) is 9.53 Å². The summed E-state index contributed by atoms with van der Waals surface area (Å²) in [6.45, 7) is 4.16. The Morgan fingerprint density at radius 1 is 1.45 bits per heavy atom. The molecule has 0 bridgehead atoms. The van der Waals surface area contributed by atoms with Gasteiger partial charge in [-0.3, -0.25) is 14.5 Å². The zero-order chi connectivity index (χ0) is 14.5. The Kier molecular flexibility index (Phi) is 5.57. The van der Waals surface area contributed by atoms with Crippen LogP contribution in [0.4, 0.5) is 0 Å². The lowest BCUT2D eigenvalue weighted by molar-refractivity contribution is -0.149. The summed E-state index contributed by atoms with van der Waals surface area (Å²) in [4.78, 5) is 26.5. The Labute approximate surface area is 127 Å². The lowest BCUT2D eigenvalue weighted by atomic mass is 9.97. The lowest BCUT2D eigenvalue weighted by Crippen LogP contribution is -2.39. The highest BCUT2D eigenvalue weighted by atomic mass is 35.5. The van der Waals surface area contributed by atoms with Gasteiger partial charge in [-0.05, 0) is 38.9 Å². The maximum Gasteiger partial charge on any atom is 0.309 e. The molecule has 2 heterocycles.